The van der Waals surface area contributed by atoms with Crippen molar-refractivity contribution in [2.45, 2.75) is 45.2 Å². The quantitative estimate of drug-likeness (QED) is 0.649. The van der Waals surface area contributed by atoms with E-state index in [1.807, 2.05) is 6.92 Å². The summed E-state index contributed by atoms with van der Waals surface area (Å²) in [6.07, 6.45) is 2.37. The molecular weight excluding hydrogens is 164 g/mol. The van der Waals surface area contributed by atoms with E-state index >= 15 is 0 Å². The minimum atomic E-state index is -0.475. The molecule has 0 saturated carbocycles. The van der Waals surface area contributed by atoms with Crippen LogP contribution in [0.3, 0.4) is 0 Å². The monoisotopic (exact) mass is 188 g/mol. The van der Waals surface area contributed by atoms with Crippen LogP contribution in [0.15, 0.2) is 0 Å². The Balaban J connectivity index is 3.91. The minimum absolute atomic E-state index is 0.0379. The second kappa shape index (κ2) is 5.58. The third-order valence-electron chi connectivity index (χ3n) is 2.43. The highest BCUT2D eigenvalue weighted by Gasteiger charge is 2.21. The van der Waals surface area contributed by atoms with Crippen molar-refractivity contribution in [2.24, 2.45) is 5.73 Å². The van der Waals surface area contributed by atoms with E-state index in [4.69, 9.17) is 10.8 Å². The van der Waals surface area contributed by atoms with Crippen LogP contribution in [0.25, 0.3) is 0 Å². The molecule has 0 amide bonds. The summed E-state index contributed by atoms with van der Waals surface area (Å²) in [4.78, 5) is 2.21. The van der Waals surface area contributed by atoms with Gasteiger partial charge in [0.15, 0.2) is 0 Å². The Morgan fingerprint density at radius 1 is 1.54 bits per heavy atom. The van der Waals surface area contributed by atoms with Crippen LogP contribution in [-0.2, 0) is 0 Å². The maximum atomic E-state index is 9.00. The molecule has 2 unspecified atom stereocenters. The molecule has 0 bridgehead atoms. The van der Waals surface area contributed by atoms with Gasteiger partial charge in [0.05, 0.1) is 6.61 Å². The number of likely N-dealkylation sites (N-methyl/N-ethyl adjacent to an activating group) is 1. The van der Waals surface area contributed by atoms with Crippen molar-refractivity contribution in [3.8, 4) is 0 Å². The number of aliphatic hydroxyl groups excluding tert-OH is 1. The van der Waals surface area contributed by atoms with E-state index < -0.39 is 5.54 Å². The number of hydrogen-bond donors (Lipinski definition) is 2. The fraction of sp³-hybridized carbons (Fsp3) is 1.00. The van der Waals surface area contributed by atoms with Gasteiger partial charge in [-0.05, 0) is 27.3 Å². The van der Waals surface area contributed by atoms with Crippen molar-refractivity contribution in [1.82, 2.24) is 4.90 Å². The summed E-state index contributed by atoms with van der Waals surface area (Å²) in [5, 5.41) is 9.00. The summed E-state index contributed by atoms with van der Waals surface area (Å²) in [5.74, 6) is 0. The number of hydrogen-bond acceptors (Lipinski definition) is 3. The Morgan fingerprint density at radius 2 is 2.08 bits per heavy atom. The van der Waals surface area contributed by atoms with Crippen LogP contribution in [0.5, 0.6) is 0 Å². The molecule has 3 N–H and O–H groups in total. The van der Waals surface area contributed by atoms with Crippen LogP contribution in [0.4, 0.5) is 0 Å². The predicted octanol–water partition coefficient (Wildman–Crippen LogP) is 0.817. The topological polar surface area (TPSA) is 49.5 Å². The Labute approximate surface area is 81.9 Å². The molecule has 0 fully saturated rings. The molecule has 0 aliphatic heterocycles. The molecule has 13 heavy (non-hydrogen) atoms. The first-order valence-corrected chi connectivity index (χ1v) is 5.03. The molecule has 0 aliphatic carbocycles. The number of nitrogens with two attached hydrogens (primary N) is 1. The molecule has 0 spiro atoms. The van der Waals surface area contributed by atoms with E-state index in [0.29, 0.717) is 6.04 Å². The first kappa shape index (κ1) is 12.9. The largest absolute Gasteiger partial charge is 0.394 e. The lowest BCUT2D eigenvalue weighted by molar-refractivity contribution is 0.139. The summed E-state index contributed by atoms with van der Waals surface area (Å²) >= 11 is 0. The van der Waals surface area contributed by atoms with Gasteiger partial charge in [0, 0.05) is 18.1 Å². The lowest BCUT2D eigenvalue weighted by Crippen LogP contribution is -2.51. The molecule has 0 aliphatic rings. The zero-order valence-electron chi connectivity index (χ0n) is 9.38. The second-order valence-corrected chi connectivity index (χ2v) is 4.36. The normalized spacial score (nSPS) is 18.7. The van der Waals surface area contributed by atoms with Gasteiger partial charge in [0.2, 0.25) is 0 Å². The Morgan fingerprint density at radius 3 is 2.46 bits per heavy atom. The van der Waals surface area contributed by atoms with Gasteiger partial charge in [-0.25, -0.2) is 0 Å². The molecule has 0 saturated heterocycles. The van der Waals surface area contributed by atoms with Gasteiger partial charge in [-0.1, -0.05) is 13.3 Å². The lowest BCUT2D eigenvalue weighted by Gasteiger charge is -2.32. The first-order chi connectivity index (χ1) is 5.93. The van der Waals surface area contributed by atoms with Crippen molar-refractivity contribution < 1.29 is 5.11 Å². The van der Waals surface area contributed by atoms with Crippen LogP contribution in [0.1, 0.15) is 33.6 Å². The maximum absolute atomic E-state index is 9.00. The number of nitrogens with zero attached hydrogens (tertiary/aromatic N) is 1. The van der Waals surface area contributed by atoms with Crippen LogP contribution in [0.2, 0.25) is 0 Å². The zero-order chi connectivity index (χ0) is 10.5. The highest BCUT2D eigenvalue weighted by molar-refractivity contribution is 4.82. The highest BCUT2D eigenvalue weighted by atomic mass is 16.3. The average molecular weight is 188 g/mol. The van der Waals surface area contributed by atoms with Crippen molar-refractivity contribution in [3.63, 3.8) is 0 Å². The molecule has 0 heterocycles. The van der Waals surface area contributed by atoms with Crippen LogP contribution in [0, 0.1) is 0 Å². The van der Waals surface area contributed by atoms with Gasteiger partial charge in [-0.3, -0.25) is 0 Å². The van der Waals surface area contributed by atoms with Gasteiger partial charge >= 0.3 is 0 Å². The Kier molecular flexibility index (Phi) is 5.53. The van der Waals surface area contributed by atoms with Gasteiger partial charge in [0.25, 0.3) is 0 Å². The third-order valence-corrected chi connectivity index (χ3v) is 2.43. The van der Waals surface area contributed by atoms with E-state index in [0.717, 1.165) is 6.54 Å². The fourth-order valence-electron chi connectivity index (χ4n) is 1.41. The number of rotatable bonds is 6. The van der Waals surface area contributed by atoms with E-state index in [1.54, 1.807) is 0 Å². The molecule has 2 atom stereocenters. The van der Waals surface area contributed by atoms with Gasteiger partial charge < -0.3 is 15.7 Å². The predicted molar refractivity (Wildman–Crippen MR) is 56.7 cm³/mol. The molecule has 3 nitrogen and oxygen atoms in total. The summed E-state index contributed by atoms with van der Waals surface area (Å²) in [5.41, 5.74) is 5.38. The van der Waals surface area contributed by atoms with E-state index in [1.165, 1.54) is 12.8 Å². The molecule has 0 aromatic rings. The third kappa shape index (κ3) is 5.24. The molecule has 3 heteroatoms. The first-order valence-electron chi connectivity index (χ1n) is 5.03. The van der Waals surface area contributed by atoms with Crippen LogP contribution >= 0.6 is 0 Å². The van der Waals surface area contributed by atoms with E-state index in [-0.39, 0.29) is 6.61 Å². The van der Waals surface area contributed by atoms with Gasteiger partial charge in [-0.2, -0.15) is 0 Å². The number of aliphatic hydroxyl groups is 1. The van der Waals surface area contributed by atoms with E-state index in [2.05, 4.69) is 25.8 Å². The summed E-state index contributed by atoms with van der Waals surface area (Å²) in [6, 6.07) is 0.541. The van der Waals surface area contributed by atoms with Crippen molar-refractivity contribution in [1.29, 1.82) is 0 Å². The molecule has 0 radical (unpaired) electrons. The molecular formula is C10H24N2O. The van der Waals surface area contributed by atoms with Crippen molar-refractivity contribution in [2.75, 3.05) is 20.2 Å². The molecule has 0 aromatic heterocycles. The summed E-state index contributed by atoms with van der Waals surface area (Å²) in [6.45, 7) is 7.03. The summed E-state index contributed by atoms with van der Waals surface area (Å²) < 4.78 is 0. The summed E-state index contributed by atoms with van der Waals surface area (Å²) in [7, 11) is 2.06. The Bertz CT molecular complexity index is 137. The molecule has 80 valence electrons. The van der Waals surface area contributed by atoms with Crippen molar-refractivity contribution >= 4 is 0 Å². The highest BCUT2D eigenvalue weighted by Crippen LogP contribution is 2.08. The Hall–Kier alpha value is -0.120. The maximum Gasteiger partial charge on any atom is 0.0621 e. The van der Waals surface area contributed by atoms with Gasteiger partial charge in [-0.15, -0.1) is 0 Å². The van der Waals surface area contributed by atoms with Crippen LogP contribution < -0.4 is 5.73 Å². The molecule has 0 rings (SSSR count). The minimum Gasteiger partial charge on any atom is -0.394 e. The van der Waals surface area contributed by atoms with Crippen LogP contribution in [-0.4, -0.2) is 41.8 Å². The smallest absolute Gasteiger partial charge is 0.0621 e. The average Bonchev–Trinajstić information content (AvgIpc) is 2.04. The zero-order valence-corrected chi connectivity index (χ0v) is 9.38. The van der Waals surface area contributed by atoms with Crippen molar-refractivity contribution in [3.05, 3.63) is 0 Å². The second-order valence-electron chi connectivity index (χ2n) is 4.36. The fourth-order valence-corrected chi connectivity index (χ4v) is 1.41. The van der Waals surface area contributed by atoms with E-state index in [9.17, 15) is 0 Å². The standard InChI is InChI=1S/C10H24N2O/c1-5-6-9(2)12(4)7-10(3,11)8-13/h9,13H,5-8,11H2,1-4H3. The van der Waals surface area contributed by atoms with Gasteiger partial charge in [0.1, 0.15) is 0 Å². The SMILES string of the molecule is CCCC(C)N(C)CC(C)(N)CO. The molecule has 0 aromatic carbocycles. The lowest BCUT2D eigenvalue weighted by atomic mass is 10.0.